The van der Waals surface area contributed by atoms with Crippen LogP contribution in [0.1, 0.15) is 31.4 Å². The van der Waals surface area contributed by atoms with Crippen LogP contribution in [-0.4, -0.2) is 35.4 Å². The van der Waals surface area contributed by atoms with Crippen molar-refractivity contribution in [1.82, 2.24) is 24.7 Å². The fraction of sp³-hybridized carbons (Fsp3) is 0.231. The van der Waals surface area contributed by atoms with Crippen molar-refractivity contribution < 1.29 is 37.8 Å². The van der Waals surface area contributed by atoms with Crippen LogP contribution >= 0.6 is 0 Å². The monoisotopic (exact) mass is 524 g/mol. The Hall–Kier alpha value is -2.74. The summed E-state index contributed by atoms with van der Waals surface area (Å²) in [6.45, 7) is 3.89. The first-order valence-electron chi connectivity index (χ1n) is 11.0. The summed E-state index contributed by atoms with van der Waals surface area (Å²) in [5, 5.41) is 16.9. The van der Waals surface area contributed by atoms with Gasteiger partial charge in [-0.15, -0.1) is 23.6 Å². The minimum absolute atomic E-state index is 0. The molecule has 3 heterocycles. The van der Waals surface area contributed by atoms with Crippen LogP contribution in [0.4, 0.5) is 5.82 Å². The molecule has 0 bridgehead atoms. The van der Waals surface area contributed by atoms with Crippen LogP contribution in [-0.2, 0) is 32.7 Å². The molecule has 1 fully saturated rings. The average Bonchev–Trinajstić information content (AvgIpc) is 3.18. The van der Waals surface area contributed by atoms with E-state index in [-0.39, 0.29) is 38.8 Å². The molecule has 167 valence electrons. The zero-order valence-electron chi connectivity index (χ0n) is 19.0. The quantitative estimate of drug-likeness (QED) is 0.338. The summed E-state index contributed by atoms with van der Waals surface area (Å²) in [4.78, 5) is 13.7. The van der Waals surface area contributed by atoms with E-state index < -0.39 is 5.60 Å². The van der Waals surface area contributed by atoms with Gasteiger partial charge >= 0.3 is 0 Å². The van der Waals surface area contributed by atoms with E-state index in [0.717, 1.165) is 44.4 Å². The molecule has 0 atom stereocenters. The van der Waals surface area contributed by atoms with Gasteiger partial charge < -0.3 is 15.8 Å². The smallest absolute Gasteiger partial charge is 0.164 e. The Morgan fingerprint density at radius 1 is 1.12 bits per heavy atom. The number of nitrogens with two attached hydrogens (primary N) is 1. The van der Waals surface area contributed by atoms with Gasteiger partial charge in [0.2, 0.25) is 0 Å². The summed E-state index contributed by atoms with van der Waals surface area (Å²) in [5.41, 5.74) is 11.8. The molecule has 7 nitrogen and oxygen atoms in total. The van der Waals surface area contributed by atoms with Crippen LogP contribution < -0.4 is 5.73 Å². The molecule has 0 amide bonds. The topological polar surface area (TPSA) is 103 Å². The molecule has 0 unspecified atom stereocenters. The number of nitrogen functional groups attached to an aromatic ring is 1. The number of pyridine rings is 1. The number of aliphatic hydroxyl groups is 1. The molecule has 0 aliphatic heterocycles. The number of aryl methyl sites for hydroxylation is 1. The molecule has 8 heteroatoms. The minimum Gasteiger partial charge on any atom is -0.390 e. The summed E-state index contributed by atoms with van der Waals surface area (Å²) in [6.07, 6.45) is 2.72. The standard InChI is InChI=1S/C26H23N6O.Y/c1-15-19(10-8-17-9-11-20(30-22(15)17)16-6-4-3-5-7-16)23-21-24(27)28-14-29-25(21)32(31-23)18-12-26(2,33)13-18;/h3-8,10-11,14,18,33H,12-13H2,1-2H3,(H2,27,28,29);/q-1;. The Kier molecular flexibility index (Phi) is 5.75. The maximum Gasteiger partial charge on any atom is 0.164 e. The van der Waals surface area contributed by atoms with Gasteiger partial charge in [-0.1, -0.05) is 42.0 Å². The zero-order chi connectivity index (χ0) is 22.7. The molecule has 34 heavy (non-hydrogen) atoms. The molecule has 1 radical (unpaired) electrons. The Bertz CT molecular complexity index is 1520. The number of nitrogens with zero attached hydrogens (tertiary/aromatic N) is 5. The van der Waals surface area contributed by atoms with Gasteiger partial charge in [0.1, 0.15) is 17.8 Å². The summed E-state index contributed by atoms with van der Waals surface area (Å²) in [7, 11) is 0. The molecule has 3 aromatic heterocycles. The van der Waals surface area contributed by atoms with Gasteiger partial charge in [0.15, 0.2) is 5.65 Å². The molecule has 3 N–H and O–H groups in total. The predicted molar refractivity (Wildman–Crippen MR) is 128 cm³/mol. The van der Waals surface area contributed by atoms with Gasteiger partial charge in [0.25, 0.3) is 0 Å². The van der Waals surface area contributed by atoms with Crippen LogP contribution in [0, 0.1) is 13.0 Å². The Morgan fingerprint density at radius 2 is 1.88 bits per heavy atom. The SMILES string of the molecule is Cc1c(-c2nn(C3CC(C)(O)C3)c3ncnc(N)c23)ccc2[c-]cc(-c3ccccc3)nc12.[Y]. The van der Waals surface area contributed by atoms with E-state index in [1.165, 1.54) is 6.33 Å². The van der Waals surface area contributed by atoms with Crippen molar-refractivity contribution in [1.29, 1.82) is 0 Å². The number of hydrogen-bond donors (Lipinski definition) is 2. The molecule has 1 aliphatic rings. The van der Waals surface area contributed by atoms with Crippen molar-refractivity contribution in [3.63, 3.8) is 0 Å². The fourth-order valence-electron chi connectivity index (χ4n) is 4.84. The van der Waals surface area contributed by atoms with E-state index in [2.05, 4.69) is 16.0 Å². The number of anilines is 1. The van der Waals surface area contributed by atoms with Crippen LogP contribution in [0.2, 0.25) is 0 Å². The van der Waals surface area contributed by atoms with Crippen molar-refractivity contribution in [3.05, 3.63) is 66.5 Å². The molecule has 0 saturated heterocycles. The van der Waals surface area contributed by atoms with Gasteiger partial charge in [-0.3, -0.25) is 0 Å². The van der Waals surface area contributed by atoms with Gasteiger partial charge in [0.05, 0.1) is 17.0 Å². The van der Waals surface area contributed by atoms with E-state index in [4.69, 9.17) is 15.8 Å². The van der Waals surface area contributed by atoms with Crippen LogP contribution in [0.25, 0.3) is 44.5 Å². The van der Waals surface area contributed by atoms with Crippen molar-refractivity contribution in [2.75, 3.05) is 5.73 Å². The van der Waals surface area contributed by atoms with Gasteiger partial charge in [-0.25, -0.2) is 14.6 Å². The summed E-state index contributed by atoms with van der Waals surface area (Å²) < 4.78 is 1.89. The minimum atomic E-state index is -0.672. The van der Waals surface area contributed by atoms with Crippen molar-refractivity contribution in [2.45, 2.75) is 38.3 Å². The number of hydrogen-bond acceptors (Lipinski definition) is 6. The molecule has 2 aromatic carbocycles. The Labute approximate surface area is 222 Å². The first kappa shape index (κ1) is 23.0. The Balaban J connectivity index is 0.00000241. The van der Waals surface area contributed by atoms with Crippen LogP contribution in [0.5, 0.6) is 0 Å². The fourth-order valence-corrected chi connectivity index (χ4v) is 4.84. The van der Waals surface area contributed by atoms with Crippen molar-refractivity contribution >= 4 is 27.8 Å². The van der Waals surface area contributed by atoms with E-state index >= 15 is 0 Å². The number of aromatic nitrogens is 5. The summed E-state index contributed by atoms with van der Waals surface area (Å²) in [6, 6.07) is 19.5. The van der Waals surface area contributed by atoms with E-state index in [9.17, 15) is 5.11 Å². The van der Waals surface area contributed by atoms with Crippen LogP contribution in [0.3, 0.4) is 0 Å². The Morgan fingerprint density at radius 3 is 2.62 bits per heavy atom. The van der Waals surface area contributed by atoms with Gasteiger partial charge in [-0.05, 0) is 49.0 Å². The maximum absolute atomic E-state index is 10.3. The van der Waals surface area contributed by atoms with E-state index in [1.807, 2.05) is 67.1 Å². The third-order valence-corrected chi connectivity index (χ3v) is 6.57. The summed E-state index contributed by atoms with van der Waals surface area (Å²) >= 11 is 0. The van der Waals surface area contributed by atoms with Gasteiger partial charge in [0, 0.05) is 32.7 Å². The second kappa shape index (κ2) is 8.49. The first-order valence-corrected chi connectivity index (χ1v) is 11.0. The molecule has 1 saturated carbocycles. The molecule has 6 rings (SSSR count). The second-order valence-electron chi connectivity index (χ2n) is 9.10. The van der Waals surface area contributed by atoms with Gasteiger partial charge in [-0.2, -0.15) is 5.10 Å². The third-order valence-electron chi connectivity index (χ3n) is 6.57. The molecular formula is C26H23N6OY-. The van der Waals surface area contributed by atoms with Crippen molar-refractivity contribution in [3.8, 4) is 22.5 Å². The van der Waals surface area contributed by atoms with E-state index in [0.29, 0.717) is 24.3 Å². The predicted octanol–water partition coefficient (Wildman–Crippen LogP) is 4.48. The third kappa shape index (κ3) is 3.72. The maximum atomic E-state index is 10.3. The molecular weight excluding hydrogens is 501 g/mol. The zero-order valence-corrected chi connectivity index (χ0v) is 21.9. The first-order chi connectivity index (χ1) is 15.9. The largest absolute Gasteiger partial charge is 0.390 e. The number of fused-ring (bicyclic) bond motifs is 2. The summed E-state index contributed by atoms with van der Waals surface area (Å²) in [5.74, 6) is 0.393. The van der Waals surface area contributed by atoms with Crippen LogP contribution in [0.15, 0.2) is 54.9 Å². The van der Waals surface area contributed by atoms with E-state index in [1.54, 1.807) is 0 Å². The number of rotatable bonds is 3. The second-order valence-corrected chi connectivity index (χ2v) is 9.10. The average molecular weight is 524 g/mol. The molecule has 5 aromatic rings. The normalized spacial score (nSPS) is 19.7. The molecule has 1 aliphatic carbocycles. The molecule has 0 spiro atoms. The van der Waals surface area contributed by atoms with Crippen molar-refractivity contribution in [2.24, 2.45) is 0 Å². The number of benzene rings is 2.